The van der Waals surface area contributed by atoms with E-state index in [9.17, 15) is 8.42 Å². The number of nitrogens with one attached hydrogen (secondary N) is 2. The summed E-state index contributed by atoms with van der Waals surface area (Å²) in [6, 6.07) is 3.45. The number of sulfonamides is 1. The Bertz CT molecular complexity index is 565. The maximum absolute atomic E-state index is 12.4. The van der Waals surface area contributed by atoms with Crippen LogP contribution >= 0.6 is 0 Å². The molecule has 0 radical (unpaired) electrons. The molecule has 0 saturated heterocycles. The van der Waals surface area contributed by atoms with Crippen molar-refractivity contribution in [2.45, 2.75) is 43.2 Å². The van der Waals surface area contributed by atoms with Crippen molar-refractivity contribution in [1.82, 2.24) is 9.71 Å². The minimum atomic E-state index is -3.64. The quantitative estimate of drug-likeness (QED) is 0.764. The zero-order valence-electron chi connectivity index (χ0n) is 12.6. The summed E-state index contributed by atoms with van der Waals surface area (Å²) in [5.74, 6) is 0. The third-order valence-electron chi connectivity index (χ3n) is 3.87. The van der Waals surface area contributed by atoms with Gasteiger partial charge in [0.1, 0.15) is 0 Å². The maximum atomic E-state index is 12.4. The van der Waals surface area contributed by atoms with Crippen molar-refractivity contribution in [1.29, 1.82) is 0 Å². The topological polar surface area (TPSA) is 80.3 Å². The fraction of sp³-hybridized carbons (Fsp3) is 0.643. The third-order valence-corrected chi connectivity index (χ3v) is 5.23. The van der Waals surface area contributed by atoms with Crippen LogP contribution in [0.25, 0.3) is 0 Å². The van der Waals surface area contributed by atoms with Crippen molar-refractivity contribution in [2.24, 2.45) is 0 Å². The van der Waals surface area contributed by atoms with Crippen LogP contribution < -0.4 is 10.0 Å². The smallest absolute Gasteiger partial charge is 0.260 e. The molecule has 0 amide bonds. The van der Waals surface area contributed by atoms with E-state index in [-0.39, 0.29) is 17.2 Å². The SMILES string of the molecule is CCCNc1cccnc1S(=O)(=O)NCC1(OC)CCC1. The van der Waals surface area contributed by atoms with Crippen LogP contribution in [-0.4, -0.2) is 39.2 Å². The Morgan fingerprint density at radius 3 is 2.76 bits per heavy atom. The van der Waals surface area contributed by atoms with Crippen LogP contribution in [0.3, 0.4) is 0 Å². The largest absolute Gasteiger partial charge is 0.383 e. The van der Waals surface area contributed by atoms with Gasteiger partial charge in [-0.2, -0.15) is 0 Å². The van der Waals surface area contributed by atoms with Gasteiger partial charge in [-0.3, -0.25) is 0 Å². The van der Waals surface area contributed by atoms with Gasteiger partial charge in [-0.1, -0.05) is 6.92 Å². The summed E-state index contributed by atoms with van der Waals surface area (Å²) in [5.41, 5.74) is 0.186. The maximum Gasteiger partial charge on any atom is 0.260 e. The number of pyridine rings is 1. The highest BCUT2D eigenvalue weighted by molar-refractivity contribution is 7.89. The van der Waals surface area contributed by atoms with E-state index in [0.717, 1.165) is 25.7 Å². The summed E-state index contributed by atoms with van der Waals surface area (Å²) in [4.78, 5) is 4.02. The molecule has 1 fully saturated rings. The fourth-order valence-corrected chi connectivity index (χ4v) is 3.54. The average Bonchev–Trinajstić information content (AvgIpc) is 2.44. The number of hydrogen-bond acceptors (Lipinski definition) is 5. The molecule has 0 unspecified atom stereocenters. The van der Waals surface area contributed by atoms with E-state index in [4.69, 9.17) is 4.74 Å². The minimum absolute atomic E-state index is 0.0454. The summed E-state index contributed by atoms with van der Waals surface area (Å²) in [7, 11) is -2.02. The second-order valence-corrected chi connectivity index (χ2v) is 7.03. The summed E-state index contributed by atoms with van der Waals surface area (Å²) < 4.78 is 33.0. The zero-order valence-corrected chi connectivity index (χ0v) is 13.4. The molecule has 0 aromatic carbocycles. The highest BCUT2D eigenvalue weighted by atomic mass is 32.2. The Hall–Kier alpha value is -1.18. The molecule has 2 N–H and O–H groups in total. The monoisotopic (exact) mass is 313 g/mol. The summed E-state index contributed by atoms with van der Waals surface area (Å²) in [5, 5.41) is 3.14. The van der Waals surface area contributed by atoms with Crippen molar-refractivity contribution in [3.05, 3.63) is 18.3 Å². The molecule has 7 heteroatoms. The molecule has 0 spiro atoms. The van der Waals surface area contributed by atoms with Crippen LogP contribution in [0, 0.1) is 0 Å². The van der Waals surface area contributed by atoms with E-state index in [0.29, 0.717) is 12.2 Å². The van der Waals surface area contributed by atoms with Gasteiger partial charge in [0.2, 0.25) is 0 Å². The van der Waals surface area contributed by atoms with Crippen molar-refractivity contribution in [2.75, 3.05) is 25.5 Å². The Labute approximate surface area is 126 Å². The van der Waals surface area contributed by atoms with Gasteiger partial charge in [0.15, 0.2) is 5.03 Å². The number of hydrogen-bond donors (Lipinski definition) is 2. The van der Waals surface area contributed by atoms with Crippen molar-refractivity contribution >= 4 is 15.7 Å². The molecule has 0 aliphatic heterocycles. The van der Waals surface area contributed by atoms with Crippen LogP contribution in [0.5, 0.6) is 0 Å². The Kier molecular flexibility index (Phi) is 5.18. The van der Waals surface area contributed by atoms with E-state index in [1.54, 1.807) is 19.2 Å². The molecule has 2 rings (SSSR count). The molecular weight excluding hydrogens is 290 g/mol. The highest BCUT2D eigenvalue weighted by Gasteiger charge is 2.38. The van der Waals surface area contributed by atoms with Crippen molar-refractivity contribution in [3.63, 3.8) is 0 Å². The minimum Gasteiger partial charge on any atom is -0.383 e. The van der Waals surface area contributed by atoms with E-state index >= 15 is 0 Å². The van der Waals surface area contributed by atoms with Crippen molar-refractivity contribution < 1.29 is 13.2 Å². The highest BCUT2D eigenvalue weighted by Crippen LogP contribution is 2.34. The number of ether oxygens (including phenoxy) is 1. The second kappa shape index (κ2) is 6.72. The van der Waals surface area contributed by atoms with Crippen LogP contribution in [-0.2, 0) is 14.8 Å². The molecular formula is C14H23N3O3S. The second-order valence-electron chi connectivity index (χ2n) is 5.35. The average molecular weight is 313 g/mol. The predicted molar refractivity (Wildman–Crippen MR) is 81.8 cm³/mol. The molecule has 6 nitrogen and oxygen atoms in total. The van der Waals surface area contributed by atoms with Crippen LogP contribution in [0.15, 0.2) is 23.4 Å². The number of anilines is 1. The van der Waals surface area contributed by atoms with E-state index in [1.807, 2.05) is 6.92 Å². The summed E-state index contributed by atoms with van der Waals surface area (Å²) >= 11 is 0. The number of aromatic nitrogens is 1. The van der Waals surface area contributed by atoms with Gasteiger partial charge < -0.3 is 10.1 Å². The molecule has 1 aliphatic rings. The number of methoxy groups -OCH3 is 1. The molecule has 21 heavy (non-hydrogen) atoms. The molecule has 1 heterocycles. The first kappa shape index (κ1) is 16.2. The lowest BCUT2D eigenvalue weighted by molar-refractivity contribution is -0.0659. The normalized spacial score (nSPS) is 17.2. The van der Waals surface area contributed by atoms with Gasteiger partial charge in [0, 0.05) is 26.4 Å². The lowest BCUT2D eigenvalue weighted by Crippen LogP contribution is -2.49. The van der Waals surface area contributed by atoms with Gasteiger partial charge >= 0.3 is 0 Å². The first-order valence-electron chi connectivity index (χ1n) is 7.27. The Balaban J connectivity index is 2.12. The van der Waals surface area contributed by atoms with Crippen molar-refractivity contribution in [3.8, 4) is 0 Å². The molecule has 1 aromatic heterocycles. The Morgan fingerprint density at radius 1 is 1.43 bits per heavy atom. The van der Waals surface area contributed by atoms with E-state index < -0.39 is 10.0 Å². The first-order valence-corrected chi connectivity index (χ1v) is 8.75. The van der Waals surface area contributed by atoms with E-state index in [1.165, 1.54) is 6.20 Å². The van der Waals surface area contributed by atoms with Gasteiger partial charge in [0.05, 0.1) is 11.3 Å². The van der Waals surface area contributed by atoms with Gasteiger partial charge in [0.25, 0.3) is 10.0 Å². The van der Waals surface area contributed by atoms with Gasteiger partial charge in [-0.15, -0.1) is 0 Å². The summed E-state index contributed by atoms with van der Waals surface area (Å²) in [6.07, 6.45) is 5.24. The van der Waals surface area contributed by atoms with Crippen LogP contribution in [0.1, 0.15) is 32.6 Å². The lowest BCUT2D eigenvalue weighted by Gasteiger charge is -2.40. The third kappa shape index (κ3) is 3.72. The Morgan fingerprint density at radius 2 is 2.19 bits per heavy atom. The van der Waals surface area contributed by atoms with Gasteiger partial charge in [-0.25, -0.2) is 18.1 Å². The van der Waals surface area contributed by atoms with Crippen LogP contribution in [0.4, 0.5) is 5.69 Å². The standard InChI is InChI=1S/C14H23N3O3S/c1-3-9-15-12-6-4-10-16-13(12)21(18,19)17-11-14(20-2)7-5-8-14/h4,6,10,15,17H,3,5,7-9,11H2,1-2H3. The number of rotatable bonds is 8. The molecule has 1 aromatic rings. The lowest BCUT2D eigenvalue weighted by atomic mass is 9.80. The molecule has 1 saturated carbocycles. The van der Waals surface area contributed by atoms with Gasteiger partial charge in [-0.05, 0) is 37.8 Å². The first-order chi connectivity index (χ1) is 10.0. The molecule has 0 atom stereocenters. The molecule has 1 aliphatic carbocycles. The fourth-order valence-electron chi connectivity index (χ4n) is 2.32. The molecule has 0 bridgehead atoms. The molecule has 118 valence electrons. The number of nitrogens with zero attached hydrogens (tertiary/aromatic N) is 1. The summed E-state index contributed by atoms with van der Waals surface area (Å²) in [6.45, 7) is 3.01. The zero-order chi connectivity index (χ0) is 15.3. The van der Waals surface area contributed by atoms with Crippen LogP contribution in [0.2, 0.25) is 0 Å². The predicted octanol–water partition coefficient (Wildman–Crippen LogP) is 1.75. The van der Waals surface area contributed by atoms with E-state index in [2.05, 4.69) is 15.0 Å².